The standard InChI is InChI=1S/C15H16N6O2/c16-13(19-22)12-15-18-14(20-5-7-23-8-6-20)10-3-1-2-4-11(10)21(15)9-17-12/h1-4,9,22H,5-8H2,(H2,16,19). The summed E-state index contributed by atoms with van der Waals surface area (Å²) in [5, 5.41) is 13.0. The molecule has 0 atom stereocenters. The maximum absolute atomic E-state index is 8.96. The van der Waals surface area contributed by atoms with Gasteiger partial charge >= 0.3 is 0 Å². The van der Waals surface area contributed by atoms with Crippen molar-refractivity contribution in [3.8, 4) is 0 Å². The van der Waals surface area contributed by atoms with Crippen molar-refractivity contribution in [1.82, 2.24) is 14.4 Å². The van der Waals surface area contributed by atoms with Crippen molar-refractivity contribution in [2.75, 3.05) is 31.2 Å². The van der Waals surface area contributed by atoms with Crippen LogP contribution in [0.3, 0.4) is 0 Å². The van der Waals surface area contributed by atoms with Gasteiger partial charge in [-0.2, -0.15) is 0 Å². The summed E-state index contributed by atoms with van der Waals surface area (Å²) in [6, 6.07) is 8.00. The van der Waals surface area contributed by atoms with Gasteiger partial charge in [-0.05, 0) is 12.1 Å². The quantitative estimate of drug-likeness (QED) is 0.314. The van der Waals surface area contributed by atoms with E-state index in [4.69, 9.17) is 20.7 Å². The zero-order valence-corrected chi connectivity index (χ0v) is 12.4. The van der Waals surface area contributed by atoms with Crippen LogP contribution in [0.1, 0.15) is 5.69 Å². The van der Waals surface area contributed by atoms with Crippen LogP contribution >= 0.6 is 0 Å². The summed E-state index contributed by atoms with van der Waals surface area (Å²) >= 11 is 0. The Labute approximate surface area is 131 Å². The fourth-order valence-corrected chi connectivity index (χ4v) is 2.90. The zero-order valence-electron chi connectivity index (χ0n) is 12.4. The second-order valence-corrected chi connectivity index (χ2v) is 5.32. The normalized spacial score (nSPS) is 16.3. The molecule has 8 heteroatoms. The summed E-state index contributed by atoms with van der Waals surface area (Å²) in [5.74, 6) is 0.812. The molecule has 0 saturated carbocycles. The van der Waals surface area contributed by atoms with Gasteiger partial charge in [-0.15, -0.1) is 0 Å². The Morgan fingerprint density at radius 1 is 1.26 bits per heavy atom. The molecule has 0 unspecified atom stereocenters. The number of oxime groups is 1. The molecule has 3 heterocycles. The Morgan fingerprint density at radius 3 is 2.83 bits per heavy atom. The highest BCUT2D eigenvalue weighted by molar-refractivity contribution is 6.02. The van der Waals surface area contributed by atoms with Crippen LogP contribution in [0.4, 0.5) is 5.82 Å². The van der Waals surface area contributed by atoms with E-state index in [9.17, 15) is 0 Å². The first-order valence-electron chi connectivity index (χ1n) is 7.36. The molecule has 1 aromatic carbocycles. The van der Waals surface area contributed by atoms with Gasteiger partial charge in [0.2, 0.25) is 0 Å². The number of anilines is 1. The zero-order chi connectivity index (χ0) is 15.8. The van der Waals surface area contributed by atoms with Crippen LogP contribution in [0.2, 0.25) is 0 Å². The van der Waals surface area contributed by atoms with Crippen molar-refractivity contribution in [2.24, 2.45) is 10.9 Å². The minimum absolute atomic E-state index is 0.0526. The highest BCUT2D eigenvalue weighted by Crippen LogP contribution is 2.27. The molecule has 118 valence electrons. The third-order valence-electron chi connectivity index (χ3n) is 4.02. The molecule has 0 bridgehead atoms. The number of ether oxygens (including phenoxy) is 1. The molecule has 3 aromatic rings. The van der Waals surface area contributed by atoms with E-state index in [1.54, 1.807) is 6.33 Å². The van der Waals surface area contributed by atoms with Crippen LogP contribution in [0, 0.1) is 0 Å². The highest BCUT2D eigenvalue weighted by atomic mass is 16.5. The number of amidine groups is 1. The van der Waals surface area contributed by atoms with Gasteiger partial charge in [-0.25, -0.2) is 9.97 Å². The minimum atomic E-state index is -0.0526. The topological polar surface area (TPSA) is 101 Å². The fraction of sp³-hybridized carbons (Fsp3) is 0.267. The van der Waals surface area contributed by atoms with E-state index in [0.29, 0.717) is 24.6 Å². The van der Waals surface area contributed by atoms with Gasteiger partial charge in [0, 0.05) is 18.5 Å². The third-order valence-corrected chi connectivity index (χ3v) is 4.02. The van der Waals surface area contributed by atoms with Gasteiger partial charge in [-0.3, -0.25) is 4.40 Å². The number of aromatic nitrogens is 3. The molecule has 8 nitrogen and oxygen atoms in total. The summed E-state index contributed by atoms with van der Waals surface area (Å²) in [6.45, 7) is 2.90. The van der Waals surface area contributed by atoms with Crippen molar-refractivity contribution in [2.45, 2.75) is 0 Å². The largest absolute Gasteiger partial charge is 0.409 e. The van der Waals surface area contributed by atoms with E-state index in [0.717, 1.165) is 29.8 Å². The van der Waals surface area contributed by atoms with Crippen molar-refractivity contribution < 1.29 is 9.94 Å². The minimum Gasteiger partial charge on any atom is -0.409 e. The summed E-state index contributed by atoms with van der Waals surface area (Å²) in [7, 11) is 0. The van der Waals surface area contributed by atoms with Gasteiger partial charge in [0.05, 0.1) is 18.7 Å². The molecule has 23 heavy (non-hydrogen) atoms. The number of benzene rings is 1. The molecule has 1 fully saturated rings. The third kappa shape index (κ3) is 2.15. The average molecular weight is 312 g/mol. The first-order valence-corrected chi connectivity index (χ1v) is 7.36. The molecule has 3 N–H and O–H groups in total. The van der Waals surface area contributed by atoms with Crippen LogP contribution < -0.4 is 10.6 Å². The number of nitrogens with zero attached hydrogens (tertiary/aromatic N) is 5. The van der Waals surface area contributed by atoms with Crippen LogP contribution in [-0.4, -0.2) is 51.7 Å². The number of rotatable bonds is 2. The Balaban J connectivity index is 2.02. The number of imidazole rings is 1. The predicted molar refractivity (Wildman–Crippen MR) is 86.0 cm³/mol. The molecule has 1 aliphatic heterocycles. The number of hydrogen-bond acceptors (Lipinski definition) is 6. The molecule has 4 rings (SSSR count). The maximum atomic E-state index is 8.96. The van der Waals surface area contributed by atoms with E-state index in [1.807, 2.05) is 28.7 Å². The van der Waals surface area contributed by atoms with Crippen molar-refractivity contribution in [3.05, 3.63) is 36.3 Å². The molecule has 2 aromatic heterocycles. The van der Waals surface area contributed by atoms with Crippen LogP contribution in [-0.2, 0) is 4.74 Å². The molecule has 0 spiro atoms. The van der Waals surface area contributed by atoms with Crippen molar-refractivity contribution >= 4 is 28.2 Å². The fourth-order valence-electron chi connectivity index (χ4n) is 2.90. The summed E-state index contributed by atoms with van der Waals surface area (Å²) in [6.07, 6.45) is 1.64. The Kier molecular flexibility index (Phi) is 3.23. The first kappa shape index (κ1) is 13.8. The van der Waals surface area contributed by atoms with Gasteiger partial charge in [-0.1, -0.05) is 17.3 Å². The summed E-state index contributed by atoms with van der Waals surface area (Å²) in [5.41, 5.74) is 7.64. The lowest BCUT2D eigenvalue weighted by molar-refractivity contribution is 0.122. The molecule has 0 amide bonds. The van der Waals surface area contributed by atoms with Gasteiger partial charge in [0.15, 0.2) is 17.2 Å². The predicted octanol–water partition coefficient (Wildman–Crippen LogP) is 0.814. The number of nitrogens with two attached hydrogens (primary N) is 1. The molecular formula is C15H16N6O2. The Bertz CT molecular complexity index is 898. The Hall–Kier alpha value is -2.87. The second kappa shape index (κ2) is 5.40. The summed E-state index contributed by atoms with van der Waals surface area (Å²) in [4.78, 5) is 11.2. The Morgan fingerprint density at radius 2 is 2.04 bits per heavy atom. The van der Waals surface area contributed by atoms with E-state index in [-0.39, 0.29) is 5.84 Å². The number of fused-ring (bicyclic) bond motifs is 3. The van der Waals surface area contributed by atoms with Crippen molar-refractivity contribution in [1.29, 1.82) is 0 Å². The van der Waals surface area contributed by atoms with Crippen LogP contribution in [0.25, 0.3) is 16.6 Å². The van der Waals surface area contributed by atoms with Crippen molar-refractivity contribution in [3.63, 3.8) is 0 Å². The molecule has 1 aliphatic rings. The second-order valence-electron chi connectivity index (χ2n) is 5.32. The highest BCUT2D eigenvalue weighted by Gasteiger charge is 2.20. The van der Waals surface area contributed by atoms with Gasteiger partial charge in [0.25, 0.3) is 0 Å². The molecule has 1 saturated heterocycles. The number of hydrogen-bond donors (Lipinski definition) is 2. The van der Waals surface area contributed by atoms with Gasteiger partial charge < -0.3 is 20.6 Å². The van der Waals surface area contributed by atoms with E-state index in [1.165, 1.54) is 0 Å². The van der Waals surface area contributed by atoms with Crippen LogP contribution in [0.15, 0.2) is 35.7 Å². The average Bonchev–Trinajstić information content (AvgIpc) is 3.05. The lowest BCUT2D eigenvalue weighted by Gasteiger charge is -2.29. The van der Waals surface area contributed by atoms with E-state index >= 15 is 0 Å². The molecular weight excluding hydrogens is 296 g/mol. The van der Waals surface area contributed by atoms with Gasteiger partial charge in [0.1, 0.15) is 12.1 Å². The maximum Gasteiger partial charge on any atom is 0.192 e. The number of para-hydroxylation sites is 1. The smallest absolute Gasteiger partial charge is 0.192 e. The first-order chi connectivity index (χ1) is 11.3. The number of morpholine rings is 1. The van der Waals surface area contributed by atoms with E-state index < -0.39 is 0 Å². The summed E-state index contributed by atoms with van der Waals surface area (Å²) < 4.78 is 7.28. The molecule has 0 aliphatic carbocycles. The van der Waals surface area contributed by atoms with Crippen LogP contribution in [0.5, 0.6) is 0 Å². The SMILES string of the molecule is NC(=NO)c1ncn2c1nc(N1CCOCC1)c1ccccc12. The lowest BCUT2D eigenvalue weighted by atomic mass is 10.2. The lowest BCUT2D eigenvalue weighted by Crippen LogP contribution is -2.37. The molecule has 0 radical (unpaired) electrons. The van der Waals surface area contributed by atoms with E-state index in [2.05, 4.69) is 15.0 Å². The monoisotopic (exact) mass is 312 g/mol.